The van der Waals surface area contributed by atoms with Crippen LogP contribution in [0.5, 0.6) is 0 Å². The Balaban J connectivity index is 2.66. The number of amides is 1. The minimum Gasteiger partial charge on any atom is -0.348 e. The van der Waals surface area contributed by atoms with E-state index in [1.807, 2.05) is 20.8 Å². The highest BCUT2D eigenvalue weighted by Gasteiger charge is 2.21. The maximum atomic E-state index is 12.1. The molecule has 2 unspecified atom stereocenters. The van der Waals surface area contributed by atoms with Crippen LogP contribution in [0.1, 0.15) is 64.1 Å². The van der Waals surface area contributed by atoms with Gasteiger partial charge >= 0.3 is 0 Å². The van der Waals surface area contributed by atoms with E-state index < -0.39 is 6.04 Å². The predicted molar refractivity (Wildman–Crippen MR) is 84.5 cm³/mol. The molecule has 0 saturated carbocycles. The summed E-state index contributed by atoms with van der Waals surface area (Å²) in [6.07, 6.45) is 0.909. The monoisotopic (exact) mass is 276 g/mol. The molecule has 1 amide bonds. The van der Waals surface area contributed by atoms with Crippen molar-refractivity contribution in [2.45, 2.75) is 59.0 Å². The van der Waals surface area contributed by atoms with Crippen molar-refractivity contribution < 1.29 is 4.79 Å². The minimum absolute atomic E-state index is 0.0150. The third-order valence-electron chi connectivity index (χ3n) is 4.02. The summed E-state index contributed by atoms with van der Waals surface area (Å²) in [6, 6.07) is 7.95. The van der Waals surface area contributed by atoms with Gasteiger partial charge in [-0.15, -0.1) is 0 Å². The quantitative estimate of drug-likeness (QED) is 0.837. The summed E-state index contributed by atoms with van der Waals surface area (Å²) in [7, 11) is 0. The molecule has 1 rings (SSSR count). The Kier molecular flexibility index (Phi) is 6.21. The van der Waals surface area contributed by atoms with E-state index in [0.717, 1.165) is 12.0 Å². The van der Waals surface area contributed by atoms with Gasteiger partial charge in [-0.25, -0.2) is 0 Å². The van der Waals surface area contributed by atoms with Gasteiger partial charge in [0, 0.05) is 0 Å². The molecule has 3 atom stereocenters. The molecule has 3 heteroatoms. The molecule has 0 heterocycles. The number of hydrogen-bond acceptors (Lipinski definition) is 2. The molecule has 0 radical (unpaired) electrons. The lowest BCUT2D eigenvalue weighted by Crippen LogP contribution is -2.45. The third-order valence-corrected chi connectivity index (χ3v) is 4.02. The van der Waals surface area contributed by atoms with Gasteiger partial charge in [0.05, 0.1) is 12.1 Å². The largest absolute Gasteiger partial charge is 0.348 e. The first kappa shape index (κ1) is 16.7. The predicted octanol–water partition coefficient (Wildman–Crippen LogP) is 3.36. The van der Waals surface area contributed by atoms with E-state index >= 15 is 0 Å². The maximum Gasteiger partial charge on any atom is 0.237 e. The van der Waals surface area contributed by atoms with Crippen LogP contribution in [0.4, 0.5) is 0 Å². The number of benzene rings is 1. The number of nitrogens with two attached hydrogens (primary N) is 1. The zero-order valence-electron chi connectivity index (χ0n) is 13.3. The molecule has 1 aromatic rings. The van der Waals surface area contributed by atoms with E-state index in [1.165, 1.54) is 5.56 Å². The van der Waals surface area contributed by atoms with E-state index in [9.17, 15) is 4.79 Å². The molecule has 0 aliphatic carbocycles. The molecule has 0 spiro atoms. The number of carbonyl (C=O) groups excluding carboxylic acids is 1. The van der Waals surface area contributed by atoms with Crippen molar-refractivity contribution in [1.29, 1.82) is 0 Å². The van der Waals surface area contributed by atoms with E-state index in [0.29, 0.717) is 5.92 Å². The third kappa shape index (κ3) is 4.34. The van der Waals surface area contributed by atoms with Gasteiger partial charge in [0.15, 0.2) is 0 Å². The smallest absolute Gasteiger partial charge is 0.237 e. The average molecular weight is 276 g/mol. The highest BCUT2D eigenvalue weighted by Crippen LogP contribution is 2.19. The molecule has 0 bridgehead atoms. The molecular weight excluding hydrogens is 248 g/mol. The Morgan fingerprint density at radius 2 is 1.60 bits per heavy atom. The van der Waals surface area contributed by atoms with Crippen molar-refractivity contribution >= 4 is 5.91 Å². The van der Waals surface area contributed by atoms with Gasteiger partial charge < -0.3 is 11.1 Å². The molecule has 3 nitrogen and oxygen atoms in total. The minimum atomic E-state index is -0.433. The van der Waals surface area contributed by atoms with Crippen LogP contribution < -0.4 is 11.1 Å². The van der Waals surface area contributed by atoms with Crippen LogP contribution in [0.15, 0.2) is 24.3 Å². The van der Waals surface area contributed by atoms with E-state index in [1.54, 1.807) is 0 Å². The summed E-state index contributed by atoms with van der Waals surface area (Å²) < 4.78 is 0. The van der Waals surface area contributed by atoms with Gasteiger partial charge in [0.1, 0.15) is 0 Å². The fourth-order valence-corrected chi connectivity index (χ4v) is 2.07. The maximum absolute atomic E-state index is 12.1. The zero-order valence-corrected chi connectivity index (χ0v) is 13.3. The Morgan fingerprint density at radius 1 is 1.10 bits per heavy atom. The van der Waals surface area contributed by atoms with Crippen molar-refractivity contribution in [3.8, 4) is 0 Å². The van der Waals surface area contributed by atoms with Gasteiger partial charge in [-0.3, -0.25) is 4.79 Å². The first-order valence-electron chi connectivity index (χ1n) is 7.52. The van der Waals surface area contributed by atoms with Crippen molar-refractivity contribution in [3.63, 3.8) is 0 Å². The topological polar surface area (TPSA) is 55.1 Å². The molecule has 3 N–H and O–H groups in total. The second-order valence-electron chi connectivity index (χ2n) is 5.96. The molecule has 1 aromatic carbocycles. The van der Waals surface area contributed by atoms with Gasteiger partial charge in [-0.2, -0.15) is 0 Å². The van der Waals surface area contributed by atoms with Crippen LogP contribution in [0.3, 0.4) is 0 Å². The normalized spacial score (nSPS) is 15.8. The molecule has 20 heavy (non-hydrogen) atoms. The second kappa shape index (κ2) is 7.44. The first-order valence-corrected chi connectivity index (χ1v) is 7.52. The highest BCUT2D eigenvalue weighted by molar-refractivity contribution is 5.82. The fourth-order valence-electron chi connectivity index (χ4n) is 2.07. The van der Waals surface area contributed by atoms with Crippen LogP contribution >= 0.6 is 0 Å². The SMILES string of the molecule is CCC(C)[C@H](N)C(=O)NC(C)c1ccc(C(C)C)cc1. The van der Waals surface area contributed by atoms with E-state index in [2.05, 4.69) is 43.4 Å². The zero-order chi connectivity index (χ0) is 15.3. The van der Waals surface area contributed by atoms with Crippen molar-refractivity contribution in [1.82, 2.24) is 5.32 Å². The Labute approximate surface area is 122 Å². The Bertz CT molecular complexity index is 425. The summed E-state index contributed by atoms with van der Waals surface area (Å²) in [6.45, 7) is 10.4. The van der Waals surface area contributed by atoms with Crippen LogP contribution in [0.2, 0.25) is 0 Å². The standard InChI is InChI=1S/C17H28N2O/c1-6-12(4)16(18)17(20)19-13(5)15-9-7-14(8-10-15)11(2)3/h7-13,16H,6,18H2,1-5H3,(H,19,20)/t12?,13?,16-/m0/s1. The summed E-state index contributed by atoms with van der Waals surface area (Å²) in [4.78, 5) is 12.1. The van der Waals surface area contributed by atoms with Crippen LogP contribution in [-0.2, 0) is 4.79 Å². The number of carbonyl (C=O) groups is 1. The lowest BCUT2D eigenvalue weighted by atomic mass is 9.97. The number of nitrogens with one attached hydrogen (secondary N) is 1. The average Bonchev–Trinajstić information content (AvgIpc) is 2.45. The molecule has 0 aliphatic heterocycles. The molecule has 0 aliphatic rings. The van der Waals surface area contributed by atoms with E-state index in [4.69, 9.17) is 5.73 Å². The van der Waals surface area contributed by atoms with Gasteiger partial charge in [-0.05, 0) is 29.9 Å². The number of hydrogen-bond donors (Lipinski definition) is 2. The van der Waals surface area contributed by atoms with Crippen LogP contribution in [0.25, 0.3) is 0 Å². The summed E-state index contributed by atoms with van der Waals surface area (Å²) in [5.41, 5.74) is 8.37. The first-order chi connectivity index (χ1) is 9.36. The van der Waals surface area contributed by atoms with Crippen molar-refractivity contribution in [2.24, 2.45) is 11.7 Å². The lowest BCUT2D eigenvalue weighted by Gasteiger charge is -2.21. The van der Waals surface area contributed by atoms with E-state index in [-0.39, 0.29) is 17.9 Å². The molecule has 0 saturated heterocycles. The van der Waals surface area contributed by atoms with Gasteiger partial charge in [0.2, 0.25) is 5.91 Å². The van der Waals surface area contributed by atoms with Crippen LogP contribution in [0, 0.1) is 5.92 Å². The van der Waals surface area contributed by atoms with Crippen molar-refractivity contribution in [3.05, 3.63) is 35.4 Å². The number of rotatable bonds is 6. The summed E-state index contributed by atoms with van der Waals surface area (Å²) >= 11 is 0. The second-order valence-corrected chi connectivity index (χ2v) is 5.96. The molecule has 0 aromatic heterocycles. The fraction of sp³-hybridized carbons (Fsp3) is 0.588. The summed E-state index contributed by atoms with van der Waals surface area (Å²) in [5.74, 6) is 0.651. The molecule has 112 valence electrons. The lowest BCUT2D eigenvalue weighted by molar-refractivity contribution is -0.124. The van der Waals surface area contributed by atoms with Gasteiger partial charge in [0.25, 0.3) is 0 Å². The van der Waals surface area contributed by atoms with Crippen LogP contribution in [-0.4, -0.2) is 11.9 Å². The Hall–Kier alpha value is -1.35. The molecule has 0 fully saturated rings. The van der Waals surface area contributed by atoms with Crippen molar-refractivity contribution in [2.75, 3.05) is 0 Å². The van der Waals surface area contributed by atoms with Gasteiger partial charge in [-0.1, -0.05) is 58.4 Å². The highest BCUT2D eigenvalue weighted by atomic mass is 16.2. The summed E-state index contributed by atoms with van der Waals surface area (Å²) in [5, 5.41) is 3.00. The molecular formula is C17H28N2O. The Morgan fingerprint density at radius 3 is 2.05 bits per heavy atom.